The van der Waals surface area contributed by atoms with Gasteiger partial charge in [0.1, 0.15) is 6.04 Å². The largest absolute Gasteiger partial charge is 0.468 e. The molecule has 26 heavy (non-hydrogen) atoms. The fraction of sp³-hybridized carbons (Fsp3) is 0.174. The molecule has 3 rings (SSSR count). The highest BCUT2D eigenvalue weighted by Crippen LogP contribution is 2.37. The van der Waals surface area contributed by atoms with Gasteiger partial charge in [0.2, 0.25) is 0 Å². The number of esters is 1. The predicted octanol–water partition coefficient (Wildman–Crippen LogP) is 4.13. The molecule has 0 aliphatic carbocycles. The zero-order chi connectivity index (χ0) is 18.4. The molecule has 3 nitrogen and oxygen atoms in total. The molecular weight excluding hydrogens is 322 g/mol. The van der Waals surface area contributed by atoms with Crippen molar-refractivity contribution in [1.82, 2.24) is 5.32 Å². The van der Waals surface area contributed by atoms with E-state index in [1.165, 1.54) is 7.11 Å². The number of ether oxygens (including phenoxy) is 1. The minimum atomic E-state index is -0.669. The molecule has 0 amide bonds. The number of carbonyl (C=O) groups is 1. The van der Waals surface area contributed by atoms with Crippen molar-refractivity contribution in [2.75, 3.05) is 7.11 Å². The van der Waals surface area contributed by atoms with E-state index in [0.29, 0.717) is 0 Å². The van der Waals surface area contributed by atoms with Gasteiger partial charge >= 0.3 is 5.97 Å². The monoisotopic (exact) mass is 345 g/mol. The molecule has 132 valence electrons. The van der Waals surface area contributed by atoms with Crippen LogP contribution in [0.15, 0.2) is 91.0 Å². The summed E-state index contributed by atoms with van der Waals surface area (Å²) in [5.41, 5.74) is 2.52. The topological polar surface area (TPSA) is 38.3 Å². The Morgan fingerprint density at radius 2 is 1.12 bits per heavy atom. The van der Waals surface area contributed by atoms with E-state index in [1.807, 2.05) is 61.5 Å². The molecule has 0 heterocycles. The van der Waals surface area contributed by atoms with Gasteiger partial charge < -0.3 is 4.74 Å². The Morgan fingerprint density at radius 3 is 1.42 bits per heavy atom. The third-order valence-electron chi connectivity index (χ3n) is 4.61. The van der Waals surface area contributed by atoms with Crippen LogP contribution in [0.3, 0.4) is 0 Å². The molecule has 0 fully saturated rings. The molecular formula is C23H23NO2. The summed E-state index contributed by atoms with van der Waals surface area (Å²) in [5.74, 6) is -0.294. The molecule has 3 aromatic carbocycles. The number of nitrogens with one attached hydrogen (secondary N) is 1. The van der Waals surface area contributed by atoms with Crippen molar-refractivity contribution in [2.24, 2.45) is 0 Å². The lowest BCUT2D eigenvalue weighted by molar-refractivity contribution is -0.143. The molecule has 3 aromatic rings. The molecule has 1 unspecified atom stereocenters. The molecule has 0 aromatic heterocycles. The summed E-state index contributed by atoms with van der Waals surface area (Å²) < 4.78 is 4.96. The van der Waals surface area contributed by atoms with Crippen molar-refractivity contribution >= 4 is 5.97 Å². The number of methoxy groups -OCH3 is 1. The van der Waals surface area contributed by atoms with Gasteiger partial charge in [-0.2, -0.15) is 0 Å². The van der Waals surface area contributed by atoms with E-state index >= 15 is 0 Å². The van der Waals surface area contributed by atoms with Crippen LogP contribution in [0.4, 0.5) is 0 Å². The molecule has 0 saturated carbocycles. The third-order valence-corrected chi connectivity index (χ3v) is 4.61. The quantitative estimate of drug-likeness (QED) is 0.539. The number of hydrogen-bond acceptors (Lipinski definition) is 3. The fourth-order valence-corrected chi connectivity index (χ4v) is 3.37. The Kier molecular flexibility index (Phi) is 5.49. The van der Waals surface area contributed by atoms with Gasteiger partial charge in [-0.25, -0.2) is 0 Å². The molecule has 0 spiro atoms. The van der Waals surface area contributed by atoms with Gasteiger partial charge in [-0.15, -0.1) is 0 Å². The maximum absolute atomic E-state index is 12.2. The van der Waals surface area contributed by atoms with Crippen molar-refractivity contribution in [3.8, 4) is 0 Å². The van der Waals surface area contributed by atoms with E-state index in [4.69, 9.17) is 4.74 Å². The number of rotatable bonds is 6. The minimum absolute atomic E-state index is 0.294. The van der Waals surface area contributed by atoms with Crippen LogP contribution in [0.2, 0.25) is 0 Å². The molecule has 0 radical (unpaired) electrons. The Labute approximate surface area is 154 Å². The molecule has 0 bridgehead atoms. The van der Waals surface area contributed by atoms with Crippen LogP contribution >= 0.6 is 0 Å². The van der Waals surface area contributed by atoms with Crippen LogP contribution in [0.5, 0.6) is 0 Å². The summed E-state index contributed by atoms with van der Waals surface area (Å²) in [6.07, 6.45) is 0. The second-order valence-corrected chi connectivity index (χ2v) is 6.24. The lowest BCUT2D eigenvalue weighted by Crippen LogP contribution is -2.51. The first-order chi connectivity index (χ1) is 12.7. The minimum Gasteiger partial charge on any atom is -0.468 e. The first kappa shape index (κ1) is 17.9. The number of hydrogen-bond donors (Lipinski definition) is 1. The molecule has 0 aliphatic heterocycles. The lowest BCUT2D eigenvalue weighted by Gasteiger charge is -2.38. The highest BCUT2D eigenvalue weighted by Gasteiger charge is 2.38. The van der Waals surface area contributed by atoms with E-state index in [2.05, 4.69) is 41.7 Å². The molecule has 0 aliphatic rings. The average molecular weight is 345 g/mol. The van der Waals surface area contributed by atoms with Crippen molar-refractivity contribution in [2.45, 2.75) is 18.5 Å². The van der Waals surface area contributed by atoms with Gasteiger partial charge in [0.05, 0.1) is 12.6 Å². The standard InChI is InChI=1S/C23H23NO2/c1-18(22(25)26-2)24-23(19-12-6-3-7-13-19,20-14-8-4-9-15-20)21-16-10-5-11-17-21/h3-18,24H,1-2H3. The predicted molar refractivity (Wildman–Crippen MR) is 104 cm³/mol. The normalized spacial score (nSPS) is 12.4. The maximum Gasteiger partial charge on any atom is 0.322 e. The Hall–Kier alpha value is -2.91. The summed E-state index contributed by atoms with van der Waals surface area (Å²) in [6.45, 7) is 1.83. The highest BCUT2D eigenvalue weighted by molar-refractivity contribution is 5.75. The van der Waals surface area contributed by atoms with Gasteiger partial charge in [-0.3, -0.25) is 10.1 Å². The maximum atomic E-state index is 12.2. The summed E-state index contributed by atoms with van der Waals surface area (Å²) >= 11 is 0. The zero-order valence-electron chi connectivity index (χ0n) is 15.1. The molecule has 1 atom stereocenters. The SMILES string of the molecule is COC(=O)C(C)NC(c1ccccc1)(c1ccccc1)c1ccccc1. The smallest absolute Gasteiger partial charge is 0.322 e. The Bertz CT molecular complexity index is 735. The zero-order valence-corrected chi connectivity index (χ0v) is 15.1. The van der Waals surface area contributed by atoms with Gasteiger partial charge in [0.25, 0.3) is 0 Å². The van der Waals surface area contributed by atoms with Gasteiger partial charge in [-0.1, -0.05) is 91.0 Å². The first-order valence-corrected chi connectivity index (χ1v) is 8.70. The molecule has 3 heteroatoms. The van der Waals surface area contributed by atoms with E-state index in [9.17, 15) is 4.79 Å². The first-order valence-electron chi connectivity index (χ1n) is 8.70. The molecule has 0 saturated heterocycles. The van der Waals surface area contributed by atoms with Crippen LogP contribution in [0.25, 0.3) is 0 Å². The van der Waals surface area contributed by atoms with Crippen LogP contribution in [-0.2, 0) is 15.1 Å². The highest BCUT2D eigenvalue weighted by atomic mass is 16.5. The van der Waals surface area contributed by atoms with Crippen LogP contribution in [0, 0.1) is 0 Å². The second kappa shape index (κ2) is 7.98. The summed E-state index contributed by atoms with van der Waals surface area (Å²) in [7, 11) is 1.41. The van der Waals surface area contributed by atoms with Gasteiger partial charge in [0, 0.05) is 0 Å². The van der Waals surface area contributed by atoms with E-state index in [0.717, 1.165) is 16.7 Å². The van der Waals surface area contributed by atoms with Gasteiger partial charge in [0.15, 0.2) is 0 Å². The third kappa shape index (κ3) is 3.39. The van der Waals surface area contributed by atoms with Crippen molar-refractivity contribution in [1.29, 1.82) is 0 Å². The fourth-order valence-electron chi connectivity index (χ4n) is 3.37. The van der Waals surface area contributed by atoms with E-state index in [-0.39, 0.29) is 5.97 Å². The Morgan fingerprint density at radius 1 is 0.769 bits per heavy atom. The average Bonchev–Trinajstić information content (AvgIpc) is 2.73. The molecule has 1 N–H and O–H groups in total. The number of carbonyl (C=O) groups excluding carboxylic acids is 1. The lowest BCUT2D eigenvalue weighted by atomic mass is 9.76. The van der Waals surface area contributed by atoms with E-state index < -0.39 is 11.6 Å². The Balaban J connectivity index is 2.26. The number of benzene rings is 3. The summed E-state index contributed by atoms with van der Waals surface area (Å²) in [4.78, 5) is 12.2. The van der Waals surface area contributed by atoms with Crippen molar-refractivity contribution in [3.63, 3.8) is 0 Å². The van der Waals surface area contributed by atoms with Crippen molar-refractivity contribution in [3.05, 3.63) is 108 Å². The van der Waals surface area contributed by atoms with Crippen molar-refractivity contribution < 1.29 is 9.53 Å². The van der Waals surface area contributed by atoms with Crippen LogP contribution in [0.1, 0.15) is 23.6 Å². The summed E-state index contributed by atoms with van der Waals surface area (Å²) in [6, 6.07) is 30.1. The van der Waals surface area contributed by atoms with Crippen LogP contribution in [-0.4, -0.2) is 19.1 Å². The summed E-state index contributed by atoms with van der Waals surface area (Å²) in [5, 5.41) is 3.56. The second-order valence-electron chi connectivity index (χ2n) is 6.24. The van der Waals surface area contributed by atoms with E-state index in [1.54, 1.807) is 0 Å². The van der Waals surface area contributed by atoms with Crippen LogP contribution < -0.4 is 5.32 Å². The van der Waals surface area contributed by atoms with Gasteiger partial charge in [-0.05, 0) is 23.6 Å².